The molecule has 2 bridgehead atoms. The van der Waals surface area contributed by atoms with Crippen LogP contribution >= 0.6 is 11.3 Å². The Labute approximate surface area is 388 Å². The average molecular weight is 960 g/mol. The monoisotopic (exact) mass is 959 g/mol. The Balaban J connectivity index is 1.30. The minimum atomic E-state index is -5.21. The average Bonchev–Trinajstić information content (AvgIpc) is 3.91. The van der Waals surface area contributed by atoms with Crippen molar-refractivity contribution >= 4 is 61.3 Å². The Morgan fingerprint density at radius 3 is 2.30 bits per heavy atom. The number of hydrogen-bond donors (Lipinski definition) is 2. The molecule has 0 spiro atoms. The van der Waals surface area contributed by atoms with Crippen molar-refractivity contribution in [3.8, 4) is 23.2 Å². The summed E-state index contributed by atoms with van der Waals surface area (Å²) >= 11 is 0.592. The lowest BCUT2D eigenvalue weighted by Gasteiger charge is -2.42. The quantitative estimate of drug-likeness (QED) is 0.0902. The van der Waals surface area contributed by atoms with E-state index in [1.165, 1.54) is 0 Å². The van der Waals surface area contributed by atoms with E-state index in [9.17, 15) is 19.6 Å². The molecule has 2 aromatic heterocycles. The summed E-state index contributed by atoms with van der Waals surface area (Å²) in [5.74, 6) is -3.28. The molecule has 21 heteroatoms. The molecule has 3 aliphatic heterocycles. The van der Waals surface area contributed by atoms with Gasteiger partial charge in [0, 0.05) is 61.6 Å². The normalized spacial score (nSPS) is 19.0. The minimum Gasteiger partial charge on any atom is -0.481 e. The SMILES string of the molecule is CC(C)(C)OC(=O)Nc1sc2c(F)ccc(-c3c(C(F)(F)F)cc4c(N5CC6CCC(C5)N6C(=O)OC(C)(C)C)nc(OC[C@@H]5CCCN5CCCOCCCC(=O)O)nc4c3F)c2c1C#N. The summed E-state index contributed by atoms with van der Waals surface area (Å²) in [5.41, 5.74) is -5.57. The Hall–Kier alpha value is -5.59. The molecule has 7 rings (SSSR count). The maximum atomic E-state index is 17.7. The number of amides is 2. The number of nitrogens with zero attached hydrogens (tertiary/aromatic N) is 6. The fraction of sp³-hybridized carbons (Fsp3) is 0.565. The number of alkyl halides is 3. The number of rotatable bonds is 14. The molecule has 2 aromatic carbocycles. The lowest BCUT2D eigenvalue weighted by atomic mass is 9.92. The summed E-state index contributed by atoms with van der Waals surface area (Å²) in [6.45, 7) is 12.5. The molecule has 3 aliphatic rings. The van der Waals surface area contributed by atoms with E-state index in [2.05, 4.69) is 20.2 Å². The lowest BCUT2D eigenvalue weighted by molar-refractivity contribution is -0.138. The zero-order chi connectivity index (χ0) is 48.6. The van der Waals surface area contributed by atoms with E-state index in [4.69, 9.17) is 24.1 Å². The number of likely N-dealkylation sites (tertiary alicyclic amines) is 1. The van der Waals surface area contributed by atoms with Crippen LogP contribution in [0.2, 0.25) is 0 Å². The van der Waals surface area contributed by atoms with Crippen LogP contribution in [0.5, 0.6) is 6.01 Å². The van der Waals surface area contributed by atoms with Gasteiger partial charge in [0.25, 0.3) is 0 Å². The van der Waals surface area contributed by atoms with E-state index in [-0.39, 0.29) is 64.5 Å². The fourth-order valence-corrected chi connectivity index (χ4v) is 10.1. The van der Waals surface area contributed by atoms with Crippen molar-refractivity contribution in [1.82, 2.24) is 19.8 Å². The molecule has 15 nitrogen and oxygen atoms in total. The number of carboxylic acids is 1. The van der Waals surface area contributed by atoms with Gasteiger partial charge in [0.15, 0.2) is 5.82 Å². The predicted octanol–water partition coefficient (Wildman–Crippen LogP) is 9.73. The largest absolute Gasteiger partial charge is 0.481 e. The minimum absolute atomic E-state index is 0.0189. The van der Waals surface area contributed by atoms with Crippen molar-refractivity contribution in [3.05, 3.63) is 41.0 Å². The summed E-state index contributed by atoms with van der Waals surface area (Å²) in [6.07, 6.45) is -2.87. The first-order valence-corrected chi connectivity index (χ1v) is 23.0. The lowest BCUT2D eigenvalue weighted by Crippen LogP contribution is -2.57. The molecule has 5 heterocycles. The zero-order valence-corrected chi connectivity index (χ0v) is 39.0. The van der Waals surface area contributed by atoms with E-state index in [0.29, 0.717) is 56.8 Å². The number of nitriles is 1. The van der Waals surface area contributed by atoms with Crippen LogP contribution in [0.15, 0.2) is 18.2 Å². The number of ether oxygens (including phenoxy) is 4. The van der Waals surface area contributed by atoms with Crippen molar-refractivity contribution in [2.75, 3.05) is 56.2 Å². The maximum Gasteiger partial charge on any atom is 0.417 e. The van der Waals surface area contributed by atoms with Crippen LogP contribution in [0, 0.1) is 23.0 Å². The number of carbonyl (C=O) groups excluding carboxylic acids is 2. The Morgan fingerprint density at radius 1 is 0.970 bits per heavy atom. The Bertz CT molecular complexity index is 2560. The Morgan fingerprint density at radius 2 is 1.66 bits per heavy atom. The van der Waals surface area contributed by atoms with Crippen molar-refractivity contribution < 1.29 is 60.4 Å². The molecule has 3 atom stereocenters. The number of aliphatic carboxylic acids is 1. The number of carbonyl (C=O) groups is 3. The number of benzene rings is 2. The standard InChI is InChI=1S/C46H54F5N7O8S/c1-44(2,3)65-42(61)55-40-30(21-52)34-28(14-15-32(47)38(34)67-40)35-31(46(49,50)51)20-29-37(36(35)48)53-41(64-24-27-10-7-16-56(27)17-9-19-63-18-8-11-33(59)60)54-39(29)57-22-25-12-13-26(23-57)58(25)43(62)66-45(4,5)6/h14-15,20,25-27H,7-13,16-19,22-24H2,1-6H3,(H,55,61)(H,59,60)/t25?,26?,27-/m0/s1. The first-order chi connectivity index (χ1) is 31.5. The van der Waals surface area contributed by atoms with Crippen LogP contribution in [-0.2, 0) is 25.2 Å². The third kappa shape index (κ3) is 11.2. The second-order valence-electron chi connectivity index (χ2n) is 19.0. The van der Waals surface area contributed by atoms with Crippen LogP contribution in [0.3, 0.4) is 0 Å². The van der Waals surface area contributed by atoms with Gasteiger partial charge in [-0.05, 0) is 104 Å². The summed E-state index contributed by atoms with van der Waals surface area (Å²) in [4.78, 5) is 51.6. The Kier molecular flexibility index (Phi) is 14.4. The van der Waals surface area contributed by atoms with Crippen LogP contribution in [0.1, 0.15) is 97.6 Å². The molecule has 0 aliphatic carbocycles. The van der Waals surface area contributed by atoms with E-state index >= 15 is 22.0 Å². The molecular formula is C46H54F5N7O8S. The molecule has 3 saturated heterocycles. The molecule has 0 radical (unpaired) electrons. The van der Waals surface area contributed by atoms with E-state index in [1.807, 2.05) is 6.07 Å². The third-order valence-corrected chi connectivity index (χ3v) is 12.8. The molecule has 0 saturated carbocycles. The highest BCUT2D eigenvalue weighted by Gasteiger charge is 2.46. The number of carboxylic acid groups (broad SMARTS) is 1. The van der Waals surface area contributed by atoms with Gasteiger partial charge >= 0.3 is 30.3 Å². The summed E-state index contributed by atoms with van der Waals surface area (Å²) < 4.78 is 102. The van der Waals surface area contributed by atoms with Crippen molar-refractivity contribution in [3.63, 3.8) is 0 Å². The van der Waals surface area contributed by atoms with Gasteiger partial charge in [-0.3, -0.25) is 19.9 Å². The number of piperazine rings is 1. The molecule has 4 aromatic rings. The van der Waals surface area contributed by atoms with Gasteiger partial charge in [-0.25, -0.2) is 18.4 Å². The number of thiophene rings is 1. The van der Waals surface area contributed by atoms with E-state index < -0.39 is 87.0 Å². The van der Waals surface area contributed by atoms with Gasteiger partial charge < -0.3 is 29.0 Å². The molecule has 3 fully saturated rings. The van der Waals surface area contributed by atoms with Crippen LogP contribution < -0.4 is 15.0 Å². The number of halogens is 5. The number of anilines is 2. The molecular weight excluding hydrogens is 906 g/mol. The van der Waals surface area contributed by atoms with Gasteiger partial charge in [-0.1, -0.05) is 6.07 Å². The number of hydrogen-bond acceptors (Lipinski definition) is 13. The van der Waals surface area contributed by atoms with Gasteiger partial charge in [-0.15, -0.1) is 11.3 Å². The molecule has 2 amide bonds. The second kappa shape index (κ2) is 19.6. The van der Waals surface area contributed by atoms with Gasteiger partial charge in [0.2, 0.25) is 0 Å². The molecule has 67 heavy (non-hydrogen) atoms. The van der Waals surface area contributed by atoms with Gasteiger partial charge in [-0.2, -0.15) is 28.4 Å². The highest BCUT2D eigenvalue weighted by atomic mass is 32.1. The van der Waals surface area contributed by atoms with E-state index in [1.54, 1.807) is 51.3 Å². The summed E-state index contributed by atoms with van der Waals surface area (Å²) in [6, 6.07) is 3.23. The van der Waals surface area contributed by atoms with Crippen molar-refractivity contribution in [2.45, 2.75) is 122 Å². The maximum absolute atomic E-state index is 17.7. The second-order valence-corrected chi connectivity index (χ2v) is 20.0. The summed E-state index contributed by atoms with van der Waals surface area (Å²) in [7, 11) is 0. The third-order valence-electron chi connectivity index (χ3n) is 11.7. The summed E-state index contributed by atoms with van der Waals surface area (Å²) in [5, 5.41) is 20.8. The smallest absolute Gasteiger partial charge is 0.417 e. The van der Waals surface area contributed by atoms with Crippen molar-refractivity contribution in [2.24, 2.45) is 0 Å². The number of nitrogens with one attached hydrogen (secondary N) is 1. The molecule has 362 valence electrons. The highest BCUT2D eigenvalue weighted by Crippen LogP contribution is 2.49. The number of fused-ring (bicyclic) bond motifs is 4. The first kappa shape index (κ1) is 49.3. The van der Waals surface area contributed by atoms with Crippen LogP contribution in [0.25, 0.3) is 32.1 Å². The zero-order valence-electron chi connectivity index (χ0n) is 38.1. The fourth-order valence-electron chi connectivity index (χ4n) is 8.99. The van der Waals surface area contributed by atoms with Crippen LogP contribution in [-0.4, -0.2) is 118 Å². The van der Waals surface area contributed by atoms with Gasteiger partial charge in [0.1, 0.15) is 46.0 Å². The predicted molar refractivity (Wildman–Crippen MR) is 239 cm³/mol. The first-order valence-electron chi connectivity index (χ1n) is 22.2. The van der Waals surface area contributed by atoms with E-state index in [0.717, 1.165) is 37.6 Å². The number of aromatic nitrogens is 2. The van der Waals surface area contributed by atoms with Crippen LogP contribution in [0.4, 0.5) is 42.4 Å². The highest BCUT2D eigenvalue weighted by molar-refractivity contribution is 7.23. The topological polar surface area (TPSA) is 180 Å². The molecule has 2 N–H and O–H groups in total. The van der Waals surface area contributed by atoms with Crippen molar-refractivity contribution in [1.29, 1.82) is 5.26 Å². The van der Waals surface area contributed by atoms with Gasteiger partial charge in [0.05, 0.1) is 27.9 Å². The molecule has 2 unspecified atom stereocenters.